The normalized spacial score (nSPS) is 10.7. The molecule has 0 unspecified atom stereocenters. The number of nitrogens with one attached hydrogen (secondary N) is 1. The van der Waals surface area contributed by atoms with Crippen LogP contribution in [-0.2, 0) is 16.0 Å². The Labute approximate surface area is 152 Å². The number of carbonyl (C=O) groups is 2. The van der Waals surface area contributed by atoms with E-state index in [9.17, 15) is 9.59 Å². The minimum atomic E-state index is -0.592. The molecule has 1 N–H and O–H groups in total. The highest BCUT2D eigenvalue weighted by Gasteiger charge is 2.23. The van der Waals surface area contributed by atoms with Gasteiger partial charge in [0, 0.05) is 5.39 Å². The van der Waals surface area contributed by atoms with Crippen molar-refractivity contribution in [2.24, 2.45) is 0 Å². The van der Waals surface area contributed by atoms with Gasteiger partial charge in [0.1, 0.15) is 11.3 Å². The molecule has 0 aliphatic heterocycles. The molecule has 5 heteroatoms. The second-order valence-corrected chi connectivity index (χ2v) is 6.18. The van der Waals surface area contributed by atoms with Crippen LogP contribution in [0.5, 0.6) is 0 Å². The van der Waals surface area contributed by atoms with Gasteiger partial charge in [0.2, 0.25) is 11.7 Å². The van der Waals surface area contributed by atoms with Crippen LogP contribution in [0.1, 0.15) is 34.2 Å². The van der Waals surface area contributed by atoms with Crippen molar-refractivity contribution in [1.29, 1.82) is 0 Å². The Morgan fingerprint density at radius 3 is 2.62 bits per heavy atom. The number of hydrogen-bond donors (Lipinski definition) is 1. The number of benzene rings is 2. The van der Waals surface area contributed by atoms with Gasteiger partial charge < -0.3 is 14.5 Å². The predicted molar refractivity (Wildman–Crippen MR) is 100 cm³/mol. The molecule has 0 fully saturated rings. The molecule has 1 amide bonds. The van der Waals surface area contributed by atoms with Crippen LogP contribution in [0.15, 0.2) is 46.9 Å². The van der Waals surface area contributed by atoms with Crippen LogP contribution in [0.25, 0.3) is 11.0 Å². The average molecular weight is 351 g/mol. The lowest BCUT2D eigenvalue weighted by molar-refractivity contribution is -0.115. The van der Waals surface area contributed by atoms with E-state index in [0.717, 1.165) is 16.7 Å². The smallest absolute Gasteiger partial charge is 0.376 e. The Morgan fingerprint density at radius 1 is 1.12 bits per heavy atom. The topological polar surface area (TPSA) is 68.5 Å². The summed E-state index contributed by atoms with van der Waals surface area (Å²) in [6, 6.07) is 13.2. The van der Waals surface area contributed by atoms with Gasteiger partial charge in [0.25, 0.3) is 0 Å². The fourth-order valence-electron chi connectivity index (χ4n) is 2.91. The van der Waals surface area contributed by atoms with Crippen molar-refractivity contribution in [3.05, 3.63) is 64.9 Å². The Morgan fingerprint density at radius 2 is 1.88 bits per heavy atom. The number of aryl methyl sites for hydroxylation is 2. The molecule has 0 atom stereocenters. The van der Waals surface area contributed by atoms with E-state index >= 15 is 0 Å². The van der Waals surface area contributed by atoms with E-state index < -0.39 is 5.97 Å². The average Bonchev–Trinajstić information content (AvgIpc) is 2.96. The Hall–Kier alpha value is -3.08. The highest BCUT2D eigenvalue weighted by Crippen LogP contribution is 2.31. The van der Waals surface area contributed by atoms with Crippen LogP contribution in [0.4, 0.5) is 5.69 Å². The Kier molecular flexibility index (Phi) is 5.07. The first-order valence-corrected chi connectivity index (χ1v) is 8.54. The summed E-state index contributed by atoms with van der Waals surface area (Å²) in [6.07, 6.45) is 0.216. The summed E-state index contributed by atoms with van der Waals surface area (Å²) in [4.78, 5) is 24.8. The first-order chi connectivity index (χ1) is 12.5. The molecule has 5 nitrogen and oxygen atoms in total. The first-order valence-electron chi connectivity index (χ1n) is 8.54. The van der Waals surface area contributed by atoms with Crippen molar-refractivity contribution in [2.45, 2.75) is 27.2 Å². The van der Waals surface area contributed by atoms with Crippen LogP contribution in [-0.4, -0.2) is 18.5 Å². The number of amides is 1. The summed E-state index contributed by atoms with van der Waals surface area (Å²) < 4.78 is 10.7. The van der Waals surface area contributed by atoms with E-state index in [-0.39, 0.29) is 24.7 Å². The van der Waals surface area contributed by atoms with Crippen molar-refractivity contribution >= 4 is 28.5 Å². The monoisotopic (exact) mass is 351 g/mol. The largest absolute Gasteiger partial charge is 0.460 e. The van der Waals surface area contributed by atoms with Gasteiger partial charge in [-0.05, 0) is 44.0 Å². The molecule has 0 spiro atoms. The van der Waals surface area contributed by atoms with E-state index in [2.05, 4.69) is 5.32 Å². The molecular formula is C21H21NO4. The van der Waals surface area contributed by atoms with Gasteiger partial charge in [-0.3, -0.25) is 4.79 Å². The summed E-state index contributed by atoms with van der Waals surface area (Å²) in [6.45, 7) is 5.94. The van der Waals surface area contributed by atoms with E-state index in [1.165, 1.54) is 0 Å². The minimum absolute atomic E-state index is 0.0158. The molecule has 134 valence electrons. The molecule has 0 saturated heterocycles. The molecule has 26 heavy (non-hydrogen) atoms. The molecule has 0 aliphatic rings. The van der Waals surface area contributed by atoms with Crippen molar-refractivity contribution in [2.75, 3.05) is 11.9 Å². The molecule has 3 rings (SSSR count). The van der Waals surface area contributed by atoms with Gasteiger partial charge in [-0.1, -0.05) is 35.9 Å². The third-order valence-electron chi connectivity index (χ3n) is 4.17. The zero-order valence-corrected chi connectivity index (χ0v) is 15.1. The molecule has 1 aromatic heterocycles. The third-order valence-corrected chi connectivity index (χ3v) is 4.17. The summed E-state index contributed by atoms with van der Waals surface area (Å²) in [5.74, 6) is -0.790. The standard InChI is InChI=1S/C21H21NO4/c1-4-25-21(24)20-19(16-7-5-6-8-17(16)26-20)22-18(23)12-15-10-9-13(2)11-14(15)3/h5-11H,4,12H2,1-3H3,(H,22,23). The molecule has 1 heterocycles. The molecule has 0 radical (unpaired) electrons. The third kappa shape index (κ3) is 3.61. The van der Waals surface area contributed by atoms with E-state index in [1.54, 1.807) is 19.1 Å². The zero-order chi connectivity index (χ0) is 18.7. The number of furan rings is 1. The number of ether oxygens (including phenoxy) is 1. The van der Waals surface area contributed by atoms with E-state index in [4.69, 9.17) is 9.15 Å². The first kappa shape index (κ1) is 17.7. The van der Waals surface area contributed by atoms with E-state index in [0.29, 0.717) is 16.7 Å². The van der Waals surface area contributed by atoms with Crippen molar-refractivity contribution in [3.63, 3.8) is 0 Å². The van der Waals surface area contributed by atoms with Gasteiger partial charge in [0.05, 0.1) is 13.0 Å². The second-order valence-electron chi connectivity index (χ2n) is 6.18. The Bertz CT molecular complexity index is 971. The van der Waals surface area contributed by atoms with Gasteiger partial charge in [-0.25, -0.2) is 4.79 Å². The molecule has 0 saturated carbocycles. The number of hydrogen-bond acceptors (Lipinski definition) is 4. The molecule has 2 aromatic carbocycles. The number of carbonyl (C=O) groups excluding carboxylic acids is 2. The van der Waals surface area contributed by atoms with Gasteiger partial charge in [-0.2, -0.15) is 0 Å². The number of para-hydroxylation sites is 1. The summed E-state index contributed by atoms with van der Waals surface area (Å²) in [5, 5.41) is 3.50. The van der Waals surface area contributed by atoms with Crippen LogP contribution < -0.4 is 5.32 Å². The maximum atomic E-state index is 12.6. The van der Waals surface area contributed by atoms with Gasteiger partial charge in [0.15, 0.2) is 0 Å². The fraction of sp³-hybridized carbons (Fsp3) is 0.238. The highest BCUT2D eigenvalue weighted by atomic mass is 16.5. The van der Waals surface area contributed by atoms with Crippen molar-refractivity contribution in [3.8, 4) is 0 Å². The van der Waals surface area contributed by atoms with Gasteiger partial charge >= 0.3 is 5.97 Å². The highest BCUT2D eigenvalue weighted by molar-refractivity contribution is 6.09. The minimum Gasteiger partial charge on any atom is -0.460 e. The lowest BCUT2D eigenvalue weighted by Gasteiger charge is -2.09. The van der Waals surface area contributed by atoms with Crippen LogP contribution in [0.3, 0.4) is 0 Å². The van der Waals surface area contributed by atoms with Crippen molar-refractivity contribution in [1.82, 2.24) is 0 Å². The molecule has 0 bridgehead atoms. The van der Waals surface area contributed by atoms with E-state index in [1.807, 2.05) is 44.2 Å². The lowest BCUT2D eigenvalue weighted by Crippen LogP contribution is -2.17. The second kappa shape index (κ2) is 7.44. The predicted octanol–water partition coefficient (Wildman–Crippen LogP) is 4.41. The zero-order valence-electron chi connectivity index (χ0n) is 15.1. The quantitative estimate of drug-likeness (QED) is 0.692. The SMILES string of the molecule is CCOC(=O)c1oc2ccccc2c1NC(=O)Cc1ccc(C)cc1C. The number of anilines is 1. The Balaban J connectivity index is 1.90. The lowest BCUT2D eigenvalue weighted by atomic mass is 10.0. The van der Waals surface area contributed by atoms with Crippen LogP contribution in [0, 0.1) is 13.8 Å². The molecule has 3 aromatic rings. The number of fused-ring (bicyclic) bond motifs is 1. The number of esters is 1. The van der Waals surface area contributed by atoms with Gasteiger partial charge in [-0.15, -0.1) is 0 Å². The number of rotatable bonds is 5. The molecule has 0 aliphatic carbocycles. The molecular weight excluding hydrogens is 330 g/mol. The van der Waals surface area contributed by atoms with Crippen LogP contribution >= 0.6 is 0 Å². The summed E-state index contributed by atoms with van der Waals surface area (Å²) >= 11 is 0. The summed E-state index contributed by atoms with van der Waals surface area (Å²) in [7, 11) is 0. The fourth-order valence-corrected chi connectivity index (χ4v) is 2.91. The summed E-state index contributed by atoms with van der Waals surface area (Å²) in [5.41, 5.74) is 4.03. The van der Waals surface area contributed by atoms with Crippen molar-refractivity contribution < 1.29 is 18.7 Å². The maximum absolute atomic E-state index is 12.6. The maximum Gasteiger partial charge on any atom is 0.376 e. The van der Waals surface area contributed by atoms with Crippen LogP contribution in [0.2, 0.25) is 0 Å².